The highest BCUT2D eigenvalue weighted by molar-refractivity contribution is 5.92. The third-order valence-electron chi connectivity index (χ3n) is 2.49. The number of carboxylic acid groups (broad SMARTS) is 1. The van der Waals surface area contributed by atoms with Crippen molar-refractivity contribution in [1.82, 2.24) is 0 Å². The number of carbonyl (C=O) groups is 2. The van der Waals surface area contributed by atoms with E-state index in [0.717, 1.165) is 12.1 Å². The Morgan fingerprint density at radius 1 is 1.38 bits per heavy atom. The molecule has 8 heteroatoms. The molecule has 0 amide bonds. The van der Waals surface area contributed by atoms with Crippen molar-refractivity contribution in [1.29, 1.82) is 0 Å². The van der Waals surface area contributed by atoms with Crippen LogP contribution < -0.4 is 4.74 Å². The van der Waals surface area contributed by atoms with E-state index in [9.17, 15) is 19.7 Å². The average molecular weight is 297 g/mol. The summed E-state index contributed by atoms with van der Waals surface area (Å²) in [4.78, 5) is 31.9. The molecule has 8 nitrogen and oxygen atoms in total. The second-order valence-electron chi connectivity index (χ2n) is 4.00. The molecule has 0 aliphatic heterocycles. The van der Waals surface area contributed by atoms with E-state index in [2.05, 4.69) is 0 Å². The van der Waals surface area contributed by atoms with Gasteiger partial charge in [0.15, 0.2) is 0 Å². The molecule has 0 atom stereocenters. The molecular formula is C13H15NO7. The van der Waals surface area contributed by atoms with Crippen LogP contribution in [0.4, 0.5) is 5.69 Å². The number of esters is 1. The summed E-state index contributed by atoms with van der Waals surface area (Å²) in [6.07, 6.45) is 0.588. The number of benzene rings is 1. The number of nitrogens with zero attached hydrogens (tertiary/aromatic N) is 1. The van der Waals surface area contributed by atoms with Crippen molar-refractivity contribution in [2.24, 2.45) is 0 Å². The van der Waals surface area contributed by atoms with Gasteiger partial charge in [-0.1, -0.05) is 0 Å². The second-order valence-corrected chi connectivity index (χ2v) is 4.00. The van der Waals surface area contributed by atoms with Crippen LogP contribution >= 0.6 is 0 Å². The Bertz CT molecular complexity index is 541. The van der Waals surface area contributed by atoms with Crippen LogP contribution in [0.2, 0.25) is 0 Å². The molecule has 0 heterocycles. The van der Waals surface area contributed by atoms with Crippen LogP contribution in [0.5, 0.6) is 5.75 Å². The van der Waals surface area contributed by atoms with Crippen molar-refractivity contribution in [2.45, 2.75) is 19.8 Å². The minimum atomic E-state index is -1.40. The molecule has 0 saturated heterocycles. The summed E-state index contributed by atoms with van der Waals surface area (Å²) in [7, 11) is 0. The maximum absolute atomic E-state index is 11.1. The van der Waals surface area contributed by atoms with Crippen LogP contribution in [0.15, 0.2) is 18.2 Å². The fourth-order valence-corrected chi connectivity index (χ4v) is 1.58. The van der Waals surface area contributed by atoms with E-state index in [1.54, 1.807) is 6.92 Å². The van der Waals surface area contributed by atoms with Gasteiger partial charge in [-0.25, -0.2) is 4.79 Å². The smallest absolute Gasteiger partial charge is 0.342 e. The molecule has 0 aliphatic carbocycles. The number of hydrogen-bond acceptors (Lipinski definition) is 6. The van der Waals surface area contributed by atoms with Gasteiger partial charge in [0.1, 0.15) is 11.3 Å². The summed E-state index contributed by atoms with van der Waals surface area (Å²) in [6.45, 7) is 2.19. The van der Waals surface area contributed by atoms with E-state index >= 15 is 0 Å². The third-order valence-corrected chi connectivity index (χ3v) is 2.49. The highest BCUT2D eigenvalue weighted by atomic mass is 16.6. The molecular weight excluding hydrogens is 282 g/mol. The first-order valence-electron chi connectivity index (χ1n) is 6.25. The zero-order chi connectivity index (χ0) is 15.8. The van der Waals surface area contributed by atoms with Crippen LogP contribution in [0.1, 0.15) is 30.1 Å². The summed E-state index contributed by atoms with van der Waals surface area (Å²) in [6, 6.07) is 3.48. The Labute approximate surface area is 120 Å². The molecule has 1 aromatic rings. The van der Waals surface area contributed by atoms with Gasteiger partial charge in [-0.15, -0.1) is 0 Å². The van der Waals surface area contributed by atoms with Gasteiger partial charge < -0.3 is 14.6 Å². The van der Waals surface area contributed by atoms with E-state index in [-0.39, 0.29) is 24.7 Å². The van der Waals surface area contributed by atoms with Gasteiger partial charge in [-0.2, -0.15) is 0 Å². The molecule has 114 valence electrons. The molecule has 1 aromatic carbocycles. The molecule has 0 radical (unpaired) electrons. The van der Waals surface area contributed by atoms with Crippen molar-refractivity contribution < 1.29 is 29.1 Å². The topological polar surface area (TPSA) is 116 Å². The predicted molar refractivity (Wildman–Crippen MR) is 71.4 cm³/mol. The van der Waals surface area contributed by atoms with Gasteiger partial charge in [0.25, 0.3) is 5.69 Å². The third kappa shape index (κ3) is 5.09. The SMILES string of the molecule is CCOC(=O)CCCOc1ccc([N+](=O)[O-])c(C(=O)O)c1. The molecule has 21 heavy (non-hydrogen) atoms. The molecule has 0 aromatic heterocycles. The predicted octanol–water partition coefficient (Wildman–Crippen LogP) is 2.02. The maximum Gasteiger partial charge on any atom is 0.342 e. The summed E-state index contributed by atoms with van der Waals surface area (Å²) < 4.78 is 10.0. The van der Waals surface area contributed by atoms with Crippen LogP contribution in [0.3, 0.4) is 0 Å². The maximum atomic E-state index is 11.1. The Morgan fingerprint density at radius 3 is 2.67 bits per heavy atom. The largest absolute Gasteiger partial charge is 0.494 e. The summed E-state index contributed by atoms with van der Waals surface area (Å²) in [5, 5.41) is 19.6. The quantitative estimate of drug-likeness (QED) is 0.337. The highest BCUT2D eigenvalue weighted by Gasteiger charge is 2.20. The fraction of sp³-hybridized carbons (Fsp3) is 0.385. The van der Waals surface area contributed by atoms with Gasteiger partial charge in [0.2, 0.25) is 0 Å². The zero-order valence-electron chi connectivity index (χ0n) is 11.4. The second kappa shape index (κ2) is 7.83. The van der Waals surface area contributed by atoms with Crippen molar-refractivity contribution in [3.63, 3.8) is 0 Å². The number of rotatable bonds is 8. The number of hydrogen-bond donors (Lipinski definition) is 1. The van der Waals surface area contributed by atoms with Gasteiger partial charge in [-0.3, -0.25) is 14.9 Å². The number of nitro benzene ring substituents is 1. The first-order valence-corrected chi connectivity index (χ1v) is 6.25. The van der Waals surface area contributed by atoms with Crippen molar-refractivity contribution in [3.05, 3.63) is 33.9 Å². The normalized spacial score (nSPS) is 9.95. The molecule has 0 fully saturated rings. The Morgan fingerprint density at radius 2 is 2.10 bits per heavy atom. The van der Waals surface area contributed by atoms with Crippen LogP contribution in [-0.2, 0) is 9.53 Å². The Hall–Kier alpha value is -2.64. The molecule has 0 bridgehead atoms. The Balaban J connectivity index is 2.61. The van der Waals surface area contributed by atoms with E-state index in [1.807, 2.05) is 0 Å². The van der Waals surface area contributed by atoms with Crippen molar-refractivity contribution >= 4 is 17.6 Å². The summed E-state index contributed by atoms with van der Waals surface area (Å²) >= 11 is 0. The molecule has 0 spiro atoms. The summed E-state index contributed by atoms with van der Waals surface area (Å²) in [5.74, 6) is -1.54. The minimum Gasteiger partial charge on any atom is -0.494 e. The molecule has 0 unspecified atom stereocenters. The van der Waals surface area contributed by atoms with E-state index in [1.165, 1.54) is 6.07 Å². The number of ether oxygens (including phenoxy) is 2. The number of nitro groups is 1. The van der Waals surface area contributed by atoms with Gasteiger partial charge in [0, 0.05) is 18.6 Å². The Kier molecular flexibility index (Phi) is 6.12. The fourth-order valence-electron chi connectivity index (χ4n) is 1.58. The number of carbonyl (C=O) groups excluding carboxylic acids is 1. The molecule has 1 N–H and O–H groups in total. The van der Waals surface area contributed by atoms with Crippen molar-refractivity contribution in [2.75, 3.05) is 13.2 Å². The van der Waals surface area contributed by atoms with Crippen LogP contribution in [0, 0.1) is 10.1 Å². The van der Waals surface area contributed by atoms with Gasteiger partial charge in [0.05, 0.1) is 18.1 Å². The summed E-state index contributed by atoms with van der Waals surface area (Å²) in [5.41, 5.74) is -0.940. The van der Waals surface area contributed by atoms with Gasteiger partial charge in [-0.05, 0) is 19.4 Å². The lowest BCUT2D eigenvalue weighted by Crippen LogP contribution is -2.07. The zero-order valence-corrected chi connectivity index (χ0v) is 11.4. The van der Waals surface area contributed by atoms with E-state index < -0.39 is 22.1 Å². The lowest BCUT2D eigenvalue weighted by atomic mass is 10.1. The minimum absolute atomic E-state index is 0.176. The standard InChI is InChI=1S/C13H15NO7/c1-2-20-12(15)4-3-7-21-9-5-6-11(14(18)19)10(8-9)13(16)17/h5-6,8H,2-4,7H2,1H3,(H,16,17). The lowest BCUT2D eigenvalue weighted by Gasteiger charge is -2.07. The van der Waals surface area contributed by atoms with Crippen molar-refractivity contribution in [3.8, 4) is 5.75 Å². The van der Waals surface area contributed by atoms with Gasteiger partial charge >= 0.3 is 11.9 Å². The monoisotopic (exact) mass is 297 g/mol. The average Bonchev–Trinajstić information content (AvgIpc) is 2.43. The molecule has 0 saturated carbocycles. The van der Waals surface area contributed by atoms with Crippen LogP contribution in [-0.4, -0.2) is 35.2 Å². The molecule has 0 aliphatic rings. The first kappa shape index (κ1) is 16.4. The van der Waals surface area contributed by atoms with Crippen LogP contribution in [0.25, 0.3) is 0 Å². The number of aromatic carboxylic acids is 1. The number of carboxylic acids is 1. The first-order chi connectivity index (χ1) is 9.95. The van der Waals surface area contributed by atoms with E-state index in [0.29, 0.717) is 13.0 Å². The highest BCUT2D eigenvalue weighted by Crippen LogP contribution is 2.24. The van der Waals surface area contributed by atoms with E-state index in [4.69, 9.17) is 14.6 Å². The lowest BCUT2D eigenvalue weighted by molar-refractivity contribution is -0.385. The molecule has 1 rings (SSSR count).